The zero-order chi connectivity index (χ0) is 16.3. The van der Waals surface area contributed by atoms with Gasteiger partial charge < -0.3 is 16.2 Å². The van der Waals surface area contributed by atoms with E-state index in [-0.39, 0.29) is 47.1 Å². The van der Waals surface area contributed by atoms with Crippen molar-refractivity contribution < 1.29 is 18.3 Å². The van der Waals surface area contributed by atoms with Crippen LogP contribution in [-0.4, -0.2) is 42.9 Å². The summed E-state index contributed by atoms with van der Waals surface area (Å²) < 4.78 is 26.4. The van der Waals surface area contributed by atoms with Crippen LogP contribution in [0.4, 0.5) is 5.69 Å². The normalized spacial score (nSPS) is 16.6. The molecule has 7 nitrogen and oxygen atoms in total. The number of hydrogen-bond acceptors (Lipinski definition) is 5. The number of phenolic OH excluding ortho intramolecular Hbond substituents is 1. The molecule has 1 atom stereocenters. The molecule has 1 fully saturated rings. The highest BCUT2D eigenvalue weighted by atomic mass is 35.5. The molecule has 0 aromatic heterocycles. The van der Waals surface area contributed by atoms with Crippen LogP contribution in [0.1, 0.15) is 26.2 Å². The Balaban J connectivity index is 0.00000264. The number of rotatable bonds is 5. The van der Waals surface area contributed by atoms with Gasteiger partial charge >= 0.3 is 0 Å². The van der Waals surface area contributed by atoms with E-state index in [1.54, 1.807) is 6.92 Å². The number of carbonyl (C=O) groups is 1. The molecule has 9 heteroatoms. The number of sulfonamides is 1. The van der Waals surface area contributed by atoms with Crippen molar-refractivity contribution in [2.24, 2.45) is 5.73 Å². The monoisotopic (exact) mass is 363 g/mol. The predicted molar refractivity (Wildman–Crippen MR) is 90.2 cm³/mol. The van der Waals surface area contributed by atoms with E-state index in [1.807, 2.05) is 0 Å². The lowest BCUT2D eigenvalue weighted by molar-refractivity contribution is -0.116. The minimum absolute atomic E-state index is 0. The highest BCUT2D eigenvalue weighted by molar-refractivity contribution is 7.89. The number of nitrogens with one attached hydrogen (secondary N) is 1. The molecule has 1 amide bonds. The van der Waals surface area contributed by atoms with Gasteiger partial charge in [0.05, 0.1) is 10.6 Å². The Labute approximate surface area is 142 Å². The van der Waals surface area contributed by atoms with Crippen LogP contribution >= 0.6 is 12.4 Å². The second kappa shape index (κ2) is 7.96. The van der Waals surface area contributed by atoms with Gasteiger partial charge in [-0.1, -0.05) is 0 Å². The van der Waals surface area contributed by atoms with Gasteiger partial charge in [0.25, 0.3) is 0 Å². The lowest BCUT2D eigenvalue weighted by atomic mass is 10.2. The summed E-state index contributed by atoms with van der Waals surface area (Å²) in [5, 5.41) is 12.3. The van der Waals surface area contributed by atoms with Crippen LogP contribution in [0, 0.1) is 0 Å². The summed E-state index contributed by atoms with van der Waals surface area (Å²) in [7, 11) is -3.59. The highest BCUT2D eigenvalue weighted by Gasteiger charge is 2.27. The lowest BCUT2D eigenvalue weighted by Crippen LogP contribution is -2.28. The predicted octanol–water partition coefficient (Wildman–Crippen LogP) is 1.27. The third kappa shape index (κ3) is 4.81. The zero-order valence-corrected chi connectivity index (χ0v) is 14.5. The SMILES string of the molecule is CC(N)CC(=O)Nc1cc(S(=O)(=O)N2CCCC2)ccc1O.Cl. The maximum absolute atomic E-state index is 12.5. The Kier molecular flexibility index (Phi) is 6.82. The van der Waals surface area contributed by atoms with E-state index < -0.39 is 10.0 Å². The topological polar surface area (TPSA) is 113 Å². The van der Waals surface area contributed by atoms with Gasteiger partial charge in [-0.15, -0.1) is 12.4 Å². The molecule has 0 aliphatic carbocycles. The van der Waals surface area contributed by atoms with Crippen molar-refractivity contribution in [3.05, 3.63) is 18.2 Å². The van der Waals surface area contributed by atoms with Crippen LogP contribution in [0.25, 0.3) is 0 Å². The summed E-state index contributed by atoms with van der Waals surface area (Å²) in [6.45, 7) is 2.68. The number of phenols is 1. The van der Waals surface area contributed by atoms with Gasteiger partial charge in [-0.2, -0.15) is 4.31 Å². The van der Waals surface area contributed by atoms with Crippen molar-refractivity contribution in [1.82, 2.24) is 4.31 Å². The standard InChI is InChI=1S/C14H21N3O4S.ClH/c1-10(15)8-14(19)16-12-9-11(4-5-13(12)18)22(20,21)17-6-2-3-7-17;/h4-5,9-10,18H,2-3,6-8,15H2,1H3,(H,16,19);1H. The molecular formula is C14H22ClN3O4S. The number of nitrogens with zero attached hydrogens (tertiary/aromatic N) is 1. The van der Waals surface area contributed by atoms with E-state index in [0.717, 1.165) is 12.8 Å². The van der Waals surface area contributed by atoms with E-state index >= 15 is 0 Å². The third-order valence-corrected chi connectivity index (χ3v) is 5.35. The van der Waals surface area contributed by atoms with Gasteiger partial charge in [0.15, 0.2) is 0 Å². The molecule has 0 saturated carbocycles. The second-order valence-corrected chi connectivity index (χ2v) is 7.46. The minimum Gasteiger partial charge on any atom is -0.506 e. The first-order valence-corrected chi connectivity index (χ1v) is 8.63. The van der Waals surface area contributed by atoms with Gasteiger partial charge in [0.1, 0.15) is 5.75 Å². The summed E-state index contributed by atoms with van der Waals surface area (Å²) in [5.41, 5.74) is 5.62. The molecular weight excluding hydrogens is 342 g/mol. The third-order valence-electron chi connectivity index (χ3n) is 3.45. The fourth-order valence-corrected chi connectivity index (χ4v) is 3.89. The quantitative estimate of drug-likeness (QED) is 0.682. The molecule has 2 rings (SSSR count). The van der Waals surface area contributed by atoms with Crippen LogP contribution in [0.2, 0.25) is 0 Å². The number of hydrogen-bond donors (Lipinski definition) is 3. The fraction of sp³-hybridized carbons (Fsp3) is 0.500. The fourth-order valence-electron chi connectivity index (χ4n) is 2.35. The Bertz CT molecular complexity index is 658. The Hall–Kier alpha value is -1.35. The summed E-state index contributed by atoms with van der Waals surface area (Å²) >= 11 is 0. The summed E-state index contributed by atoms with van der Waals surface area (Å²) in [4.78, 5) is 11.8. The summed E-state index contributed by atoms with van der Waals surface area (Å²) in [6.07, 6.45) is 1.77. The van der Waals surface area contributed by atoms with Gasteiger partial charge in [0, 0.05) is 25.6 Å². The Morgan fingerprint density at radius 1 is 1.39 bits per heavy atom. The molecule has 1 saturated heterocycles. The summed E-state index contributed by atoms with van der Waals surface area (Å²) in [5.74, 6) is -0.556. The second-order valence-electron chi connectivity index (χ2n) is 5.52. The first kappa shape index (κ1) is 19.7. The first-order valence-electron chi connectivity index (χ1n) is 7.19. The van der Waals surface area contributed by atoms with Crippen molar-refractivity contribution in [1.29, 1.82) is 0 Å². The molecule has 1 aromatic carbocycles. The number of nitrogens with two attached hydrogens (primary N) is 1. The van der Waals surface area contributed by atoms with Crippen molar-refractivity contribution in [3.8, 4) is 5.75 Å². The maximum atomic E-state index is 12.5. The van der Waals surface area contributed by atoms with Crippen molar-refractivity contribution in [2.75, 3.05) is 18.4 Å². The van der Waals surface area contributed by atoms with Gasteiger partial charge in [0.2, 0.25) is 15.9 Å². The Morgan fingerprint density at radius 3 is 2.57 bits per heavy atom. The molecule has 130 valence electrons. The maximum Gasteiger partial charge on any atom is 0.243 e. The van der Waals surface area contributed by atoms with Gasteiger partial charge in [-0.05, 0) is 38.0 Å². The van der Waals surface area contributed by atoms with Crippen LogP contribution in [0.5, 0.6) is 5.75 Å². The van der Waals surface area contributed by atoms with Crippen LogP contribution in [0.15, 0.2) is 23.1 Å². The number of aromatic hydroxyl groups is 1. The van der Waals surface area contributed by atoms with Crippen molar-refractivity contribution in [3.63, 3.8) is 0 Å². The smallest absolute Gasteiger partial charge is 0.243 e. The minimum atomic E-state index is -3.59. The number of benzene rings is 1. The first-order chi connectivity index (χ1) is 10.3. The van der Waals surface area contributed by atoms with E-state index in [1.165, 1.54) is 22.5 Å². The average molecular weight is 364 g/mol. The van der Waals surface area contributed by atoms with Crippen LogP contribution < -0.4 is 11.1 Å². The van der Waals surface area contributed by atoms with Crippen LogP contribution in [0.3, 0.4) is 0 Å². The molecule has 1 aliphatic rings. The van der Waals surface area contributed by atoms with Gasteiger partial charge in [-0.3, -0.25) is 4.79 Å². The van der Waals surface area contributed by atoms with Crippen molar-refractivity contribution in [2.45, 2.75) is 37.1 Å². The number of amides is 1. The van der Waals surface area contributed by atoms with E-state index in [0.29, 0.717) is 13.1 Å². The molecule has 1 aliphatic heterocycles. The lowest BCUT2D eigenvalue weighted by Gasteiger charge is -2.17. The molecule has 1 unspecified atom stereocenters. The number of anilines is 1. The van der Waals surface area contributed by atoms with E-state index in [2.05, 4.69) is 5.32 Å². The number of halogens is 1. The van der Waals surface area contributed by atoms with Gasteiger partial charge in [-0.25, -0.2) is 8.42 Å². The molecule has 0 spiro atoms. The largest absolute Gasteiger partial charge is 0.506 e. The van der Waals surface area contributed by atoms with Crippen molar-refractivity contribution >= 4 is 34.0 Å². The summed E-state index contributed by atoms with van der Waals surface area (Å²) in [6, 6.07) is 3.56. The molecule has 23 heavy (non-hydrogen) atoms. The molecule has 4 N–H and O–H groups in total. The number of carbonyl (C=O) groups excluding carboxylic acids is 1. The Morgan fingerprint density at radius 2 is 2.00 bits per heavy atom. The molecule has 0 bridgehead atoms. The molecule has 1 heterocycles. The average Bonchev–Trinajstić information content (AvgIpc) is 2.94. The van der Waals surface area contributed by atoms with Crippen LogP contribution in [-0.2, 0) is 14.8 Å². The van der Waals surface area contributed by atoms with E-state index in [9.17, 15) is 18.3 Å². The zero-order valence-electron chi connectivity index (χ0n) is 12.9. The van der Waals surface area contributed by atoms with E-state index in [4.69, 9.17) is 5.73 Å². The highest BCUT2D eigenvalue weighted by Crippen LogP contribution is 2.29. The molecule has 0 radical (unpaired) electrons. The molecule has 1 aromatic rings.